The van der Waals surface area contributed by atoms with Gasteiger partial charge in [0, 0.05) is 25.7 Å². The summed E-state index contributed by atoms with van der Waals surface area (Å²) in [7, 11) is 1.95. The smallest absolute Gasteiger partial charge is 0.227 e. The van der Waals surface area contributed by atoms with E-state index in [9.17, 15) is 4.79 Å². The van der Waals surface area contributed by atoms with Gasteiger partial charge in [0.1, 0.15) is 0 Å². The van der Waals surface area contributed by atoms with Crippen LogP contribution in [-0.2, 0) is 11.3 Å². The lowest BCUT2D eigenvalue weighted by molar-refractivity contribution is -0.135. The molecule has 2 aliphatic heterocycles. The molecule has 0 aromatic heterocycles. The van der Waals surface area contributed by atoms with Gasteiger partial charge in [-0.05, 0) is 36.9 Å². The number of fused-ring (bicyclic) bond motifs is 1. The van der Waals surface area contributed by atoms with E-state index in [0.29, 0.717) is 24.5 Å². The molecular weight excluding hydrogens is 308 g/mol. The van der Waals surface area contributed by atoms with Crippen molar-refractivity contribution < 1.29 is 4.79 Å². The molecule has 3 nitrogen and oxygen atoms in total. The fraction of sp³-hybridized carbons (Fsp3) is 0.409. The maximum absolute atomic E-state index is 13.2. The Morgan fingerprint density at radius 2 is 1.76 bits per heavy atom. The van der Waals surface area contributed by atoms with Crippen LogP contribution in [0.4, 0.5) is 0 Å². The SMILES string of the molecule is CN(Cc1ccccc1)C(=O)[C@@H]1C[C@H](c2ccccc2)N2CCC[C@@H]12. The predicted octanol–water partition coefficient (Wildman–Crippen LogP) is 3.87. The van der Waals surface area contributed by atoms with Crippen molar-refractivity contribution in [2.24, 2.45) is 5.92 Å². The number of amides is 1. The topological polar surface area (TPSA) is 23.6 Å². The first-order chi connectivity index (χ1) is 12.2. The molecule has 3 heteroatoms. The molecular formula is C22H26N2O. The highest BCUT2D eigenvalue weighted by molar-refractivity contribution is 5.80. The van der Waals surface area contributed by atoms with Crippen LogP contribution < -0.4 is 0 Å². The van der Waals surface area contributed by atoms with Crippen molar-refractivity contribution in [1.29, 1.82) is 0 Å². The van der Waals surface area contributed by atoms with Crippen LogP contribution in [0.3, 0.4) is 0 Å². The van der Waals surface area contributed by atoms with Crippen molar-refractivity contribution in [3.05, 3.63) is 71.8 Å². The first kappa shape index (κ1) is 16.3. The Kier molecular flexibility index (Phi) is 4.58. The van der Waals surface area contributed by atoms with Crippen LogP contribution in [-0.4, -0.2) is 35.3 Å². The van der Waals surface area contributed by atoms with Gasteiger partial charge >= 0.3 is 0 Å². The number of hydrogen-bond acceptors (Lipinski definition) is 2. The van der Waals surface area contributed by atoms with Gasteiger partial charge in [0.25, 0.3) is 0 Å². The molecule has 0 unspecified atom stereocenters. The molecule has 4 rings (SSSR count). The maximum Gasteiger partial charge on any atom is 0.227 e. The van der Waals surface area contributed by atoms with Gasteiger partial charge in [-0.3, -0.25) is 9.69 Å². The highest BCUT2D eigenvalue weighted by Gasteiger charge is 2.47. The fourth-order valence-corrected chi connectivity index (χ4v) is 4.65. The fourth-order valence-electron chi connectivity index (χ4n) is 4.65. The Bertz CT molecular complexity index is 715. The quantitative estimate of drug-likeness (QED) is 0.847. The van der Waals surface area contributed by atoms with Gasteiger partial charge < -0.3 is 4.90 Å². The molecule has 2 aliphatic rings. The average molecular weight is 334 g/mol. The van der Waals surface area contributed by atoms with Crippen LogP contribution in [0.1, 0.15) is 36.4 Å². The van der Waals surface area contributed by atoms with E-state index < -0.39 is 0 Å². The normalized spacial score (nSPS) is 25.7. The van der Waals surface area contributed by atoms with Gasteiger partial charge in [0.15, 0.2) is 0 Å². The minimum atomic E-state index is 0.126. The summed E-state index contributed by atoms with van der Waals surface area (Å²) < 4.78 is 0. The van der Waals surface area contributed by atoms with Crippen molar-refractivity contribution in [1.82, 2.24) is 9.80 Å². The van der Waals surface area contributed by atoms with E-state index in [1.807, 2.05) is 30.1 Å². The predicted molar refractivity (Wildman–Crippen MR) is 99.9 cm³/mol. The Balaban J connectivity index is 1.50. The van der Waals surface area contributed by atoms with Crippen LogP contribution in [0.5, 0.6) is 0 Å². The Morgan fingerprint density at radius 1 is 1.08 bits per heavy atom. The molecule has 2 saturated heterocycles. The van der Waals surface area contributed by atoms with Crippen molar-refractivity contribution in [2.75, 3.05) is 13.6 Å². The second kappa shape index (κ2) is 7.01. The largest absolute Gasteiger partial charge is 0.341 e. The Morgan fingerprint density at radius 3 is 2.48 bits per heavy atom. The van der Waals surface area contributed by atoms with E-state index in [1.54, 1.807) is 0 Å². The molecule has 3 atom stereocenters. The molecule has 2 aromatic carbocycles. The van der Waals surface area contributed by atoms with E-state index in [0.717, 1.165) is 19.4 Å². The van der Waals surface area contributed by atoms with E-state index in [1.165, 1.54) is 17.5 Å². The number of hydrogen-bond donors (Lipinski definition) is 0. The third kappa shape index (κ3) is 3.21. The zero-order chi connectivity index (χ0) is 17.2. The van der Waals surface area contributed by atoms with Gasteiger partial charge in [0.2, 0.25) is 5.91 Å². The number of benzene rings is 2. The summed E-state index contributed by atoms with van der Waals surface area (Å²) in [6, 6.07) is 21.8. The van der Waals surface area contributed by atoms with E-state index in [-0.39, 0.29) is 5.92 Å². The first-order valence-corrected chi connectivity index (χ1v) is 9.33. The Labute approximate surface area is 150 Å². The molecule has 2 heterocycles. The molecule has 1 amide bonds. The molecule has 0 saturated carbocycles. The monoisotopic (exact) mass is 334 g/mol. The number of nitrogens with zero attached hydrogens (tertiary/aromatic N) is 2. The summed E-state index contributed by atoms with van der Waals surface area (Å²) in [5.41, 5.74) is 2.55. The zero-order valence-corrected chi connectivity index (χ0v) is 14.8. The summed E-state index contributed by atoms with van der Waals surface area (Å²) in [4.78, 5) is 17.7. The van der Waals surface area contributed by atoms with Crippen LogP contribution in [0.25, 0.3) is 0 Å². The Hall–Kier alpha value is -2.13. The second-order valence-electron chi connectivity index (χ2n) is 7.40. The van der Waals surface area contributed by atoms with Gasteiger partial charge in [0.05, 0.1) is 5.92 Å². The van der Waals surface area contributed by atoms with Crippen LogP contribution in [0.2, 0.25) is 0 Å². The molecule has 0 bridgehead atoms. The highest BCUT2D eigenvalue weighted by Crippen LogP contribution is 2.45. The van der Waals surface area contributed by atoms with Gasteiger partial charge in [-0.2, -0.15) is 0 Å². The van der Waals surface area contributed by atoms with E-state index >= 15 is 0 Å². The van der Waals surface area contributed by atoms with E-state index in [4.69, 9.17) is 0 Å². The summed E-state index contributed by atoms with van der Waals surface area (Å²) in [6.45, 7) is 1.81. The average Bonchev–Trinajstić information content (AvgIpc) is 3.25. The van der Waals surface area contributed by atoms with Crippen LogP contribution >= 0.6 is 0 Å². The summed E-state index contributed by atoms with van der Waals surface area (Å²) in [5.74, 6) is 0.431. The maximum atomic E-state index is 13.2. The third-order valence-electron chi connectivity index (χ3n) is 5.82. The van der Waals surface area contributed by atoms with Crippen LogP contribution in [0, 0.1) is 5.92 Å². The third-order valence-corrected chi connectivity index (χ3v) is 5.82. The van der Waals surface area contributed by atoms with Gasteiger partial charge in [-0.1, -0.05) is 60.7 Å². The molecule has 2 fully saturated rings. The summed E-state index contributed by atoms with van der Waals surface area (Å²) >= 11 is 0. The zero-order valence-electron chi connectivity index (χ0n) is 14.8. The summed E-state index contributed by atoms with van der Waals surface area (Å²) in [6.07, 6.45) is 3.31. The molecule has 130 valence electrons. The second-order valence-corrected chi connectivity index (χ2v) is 7.40. The van der Waals surface area contributed by atoms with Crippen molar-refractivity contribution in [3.63, 3.8) is 0 Å². The number of rotatable bonds is 4. The standard InChI is InChI=1S/C22H26N2O/c1-23(16-17-9-4-2-5-10-17)22(25)19-15-21(18-11-6-3-7-12-18)24-14-8-13-20(19)24/h2-7,9-12,19-21H,8,13-16H2,1H3/t19-,20+,21-/m1/s1. The lowest BCUT2D eigenvalue weighted by Gasteiger charge is -2.26. The van der Waals surface area contributed by atoms with Gasteiger partial charge in [-0.15, -0.1) is 0 Å². The molecule has 0 N–H and O–H groups in total. The number of carbonyl (C=O) groups is 1. The van der Waals surface area contributed by atoms with Crippen molar-refractivity contribution in [3.8, 4) is 0 Å². The molecule has 0 radical (unpaired) electrons. The minimum Gasteiger partial charge on any atom is -0.341 e. The lowest BCUT2D eigenvalue weighted by atomic mass is 9.93. The molecule has 25 heavy (non-hydrogen) atoms. The minimum absolute atomic E-state index is 0.126. The highest BCUT2D eigenvalue weighted by atomic mass is 16.2. The number of carbonyl (C=O) groups excluding carboxylic acids is 1. The lowest BCUT2D eigenvalue weighted by Crippen LogP contribution is -2.38. The summed E-state index contributed by atoms with van der Waals surface area (Å²) in [5, 5.41) is 0. The van der Waals surface area contributed by atoms with Crippen molar-refractivity contribution in [2.45, 2.75) is 37.9 Å². The molecule has 0 aliphatic carbocycles. The molecule has 0 spiro atoms. The van der Waals surface area contributed by atoms with Crippen molar-refractivity contribution >= 4 is 5.91 Å². The van der Waals surface area contributed by atoms with Crippen LogP contribution in [0.15, 0.2) is 60.7 Å². The molecule has 2 aromatic rings. The first-order valence-electron chi connectivity index (χ1n) is 9.33. The van der Waals surface area contributed by atoms with E-state index in [2.05, 4.69) is 47.4 Å². The van der Waals surface area contributed by atoms with Gasteiger partial charge in [-0.25, -0.2) is 0 Å².